The molecule has 0 saturated carbocycles. The molecule has 0 spiro atoms. The van der Waals surface area contributed by atoms with Gasteiger partial charge in [-0.15, -0.1) is 0 Å². The van der Waals surface area contributed by atoms with Crippen LogP contribution in [0.1, 0.15) is 31.5 Å². The van der Waals surface area contributed by atoms with Crippen molar-refractivity contribution in [1.82, 2.24) is 15.1 Å². The molecule has 1 atom stereocenters. The van der Waals surface area contributed by atoms with Crippen LogP contribution in [0.2, 0.25) is 0 Å². The highest BCUT2D eigenvalue weighted by atomic mass is 16.7. The van der Waals surface area contributed by atoms with Gasteiger partial charge in [0.1, 0.15) is 5.75 Å². The van der Waals surface area contributed by atoms with E-state index in [1.54, 1.807) is 7.11 Å². The fourth-order valence-electron chi connectivity index (χ4n) is 3.66. The van der Waals surface area contributed by atoms with Gasteiger partial charge in [0.2, 0.25) is 5.60 Å². The molecule has 2 aliphatic rings. The molecule has 2 aliphatic heterocycles. The SMILES string of the molecule is COc1cccc(-c2n[nH]c3c2CN(C(=O)[C@@]2(C)CC(C)=NO2)CC3)c1. The van der Waals surface area contributed by atoms with Crippen molar-refractivity contribution >= 4 is 11.6 Å². The lowest BCUT2D eigenvalue weighted by molar-refractivity contribution is -0.154. The van der Waals surface area contributed by atoms with Crippen molar-refractivity contribution in [3.05, 3.63) is 35.5 Å². The number of benzene rings is 1. The van der Waals surface area contributed by atoms with Gasteiger partial charge in [0, 0.05) is 42.8 Å². The second kappa shape index (κ2) is 6.16. The van der Waals surface area contributed by atoms with E-state index in [2.05, 4.69) is 15.4 Å². The Morgan fingerprint density at radius 1 is 1.42 bits per heavy atom. The van der Waals surface area contributed by atoms with Crippen LogP contribution in [0.4, 0.5) is 0 Å². The van der Waals surface area contributed by atoms with Crippen molar-refractivity contribution in [2.75, 3.05) is 13.7 Å². The zero-order valence-corrected chi connectivity index (χ0v) is 15.2. The second-order valence-electron chi connectivity index (χ2n) is 7.06. The summed E-state index contributed by atoms with van der Waals surface area (Å²) in [4.78, 5) is 20.3. The Balaban J connectivity index is 1.61. The summed E-state index contributed by atoms with van der Waals surface area (Å²) < 4.78 is 5.32. The topological polar surface area (TPSA) is 79.8 Å². The maximum atomic E-state index is 13.0. The maximum Gasteiger partial charge on any atom is 0.270 e. The van der Waals surface area contributed by atoms with E-state index in [1.165, 1.54) is 0 Å². The molecule has 7 heteroatoms. The number of oxime groups is 1. The molecule has 136 valence electrons. The molecule has 7 nitrogen and oxygen atoms in total. The van der Waals surface area contributed by atoms with E-state index in [4.69, 9.17) is 9.57 Å². The molecule has 0 fully saturated rings. The number of aromatic nitrogens is 2. The third-order valence-electron chi connectivity index (χ3n) is 5.01. The van der Waals surface area contributed by atoms with Crippen molar-refractivity contribution < 1.29 is 14.4 Å². The fraction of sp³-hybridized carbons (Fsp3) is 0.421. The van der Waals surface area contributed by atoms with Crippen LogP contribution in [0.3, 0.4) is 0 Å². The van der Waals surface area contributed by atoms with E-state index in [1.807, 2.05) is 43.0 Å². The highest BCUT2D eigenvalue weighted by Gasteiger charge is 2.44. The summed E-state index contributed by atoms with van der Waals surface area (Å²) in [6.45, 7) is 4.84. The summed E-state index contributed by atoms with van der Waals surface area (Å²) in [5.74, 6) is 0.754. The average molecular weight is 354 g/mol. The van der Waals surface area contributed by atoms with Crippen LogP contribution < -0.4 is 4.74 Å². The van der Waals surface area contributed by atoms with Crippen LogP contribution in [-0.2, 0) is 22.6 Å². The van der Waals surface area contributed by atoms with Crippen LogP contribution in [0.15, 0.2) is 29.4 Å². The van der Waals surface area contributed by atoms with Gasteiger partial charge in [-0.1, -0.05) is 17.3 Å². The summed E-state index contributed by atoms with van der Waals surface area (Å²) >= 11 is 0. The first-order chi connectivity index (χ1) is 12.5. The molecule has 2 aromatic rings. The number of hydrogen-bond donors (Lipinski definition) is 1. The van der Waals surface area contributed by atoms with Crippen LogP contribution in [0.5, 0.6) is 5.75 Å². The number of fused-ring (bicyclic) bond motifs is 1. The second-order valence-corrected chi connectivity index (χ2v) is 7.06. The first kappa shape index (κ1) is 16.6. The standard InChI is InChI=1S/C19H22N4O3/c1-12-10-19(2,26-22-12)18(24)23-8-7-16-15(11-23)17(21-20-16)13-5-4-6-14(9-13)25-3/h4-6,9H,7-8,10-11H2,1-3H3,(H,20,21)/t19-/m1/s1. The molecule has 1 aromatic carbocycles. The van der Waals surface area contributed by atoms with Crippen LogP contribution in [0, 0.1) is 0 Å². The lowest BCUT2D eigenvalue weighted by atomic mass is 9.95. The Morgan fingerprint density at radius 3 is 3.00 bits per heavy atom. The first-order valence-electron chi connectivity index (χ1n) is 8.72. The van der Waals surface area contributed by atoms with Crippen LogP contribution in [-0.4, -0.2) is 46.0 Å². The minimum absolute atomic E-state index is 0.0263. The predicted molar refractivity (Wildman–Crippen MR) is 96.9 cm³/mol. The zero-order valence-electron chi connectivity index (χ0n) is 15.2. The van der Waals surface area contributed by atoms with Gasteiger partial charge in [-0.3, -0.25) is 9.89 Å². The minimum Gasteiger partial charge on any atom is -0.497 e. The van der Waals surface area contributed by atoms with Gasteiger partial charge >= 0.3 is 0 Å². The highest BCUT2D eigenvalue weighted by Crippen LogP contribution is 2.33. The lowest BCUT2D eigenvalue weighted by Crippen LogP contribution is -2.48. The monoisotopic (exact) mass is 354 g/mol. The summed E-state index contributed by atoms with van der Waals surface area (Å²) in [5, 5.41) is 11.6. The average Bonchev–Trinajstić information content (AvgIpc) is 3.24. The first-order valence-corrected chi connectivity index (χ1v) is 8.72. The van der Waals surface area contributed by atoms with Crippen molar-refractivity contribution in [3.63, 3.8) is 0 Å². The third kappa shape index (κ3) is 2.73. The summed E-state index contributed by atoms with van der Waals surface area (Å²) in [7, 11) is 1.64. The molecule has 0 radical (unpaired) electrons. The van der Waals surface area contributed by atoms with Gasteiger partial charge in [0.25, 0.3) is 5.91 Å². The Labute approximate surface area is 152 Å². The summed E-state index contributed by atoms with van der Waals surface area (Å²) in [6, 6.07) is 7.79. The molecule has 0 aliphatic carbocycles. The molecule has 3 heterocycles. The van der Waals surface area contributed by atoms with Crippen molar-refractivity contribution in [2.24, 2.45) is 5.16 Å². The fourth-order valence-corrected chi connectivity index (χ4v) is 3.66. The predicted octanol–water partition coefficient (Wildman–Crippen LogP) is 2.52. The lowest BCUT2D eigenvalue weighted by Gasteiger charge is -2.32. The number of carbonyl (C=O) groups is 1. The molecular formula is C19H22N4O3. The molecular weight excluding hydrogens is 332 g/mol. The number of amides is 1. The van der Waals surface area contributed by atoms with Gasteiger partial charge < -0.3 is 14.5 Å². The molecule has 0 bridgehead atoms. The number of methoxy groups -OCH3 is 1. The molecule has 0 saturated heterocycles. The largest absolute Gasteiger partial charge is 0.497 e. The number of aromatic amines is 1. The number of ether oxygens (including phenoxy) is 1. The van der Waals surface area contributed by atoms with Gasteiger partial charge in [0.05, 0.1) is 18.5 Å². The minimum atomic E-state index is -0.901. The van der Waals surface area contributed by atoms with Gasteiger partial charge in [-0.2, -0.15) is 5.10 Å². The van der Waals surface area contributed by atoms with E-state index in [0.29, 0.717) is 19.5 Å². The van der Waals surface area contributed by atoms with Crippen molar-refractivity contribution in [3.8, 4) is 17.0 Å². The number of nitrogens with zero attached hydrogens (tertiary/aromatic N) is 3. The van der Waals surface area contributed by atoms with Gasteiger partial charge in [-0.25, -0.2) is 0 Å². The van der Waals surface area contributed by atoms with Gasteiger partial charge in [-0.05, 0) is 26.0 Å². The van der Waals surface area contributed by atoms with Gasteiger partial charge in [0.15, 0.2) is 0 Å². The number of H-pyrrole nitrogens is 1. The summed E-state index contributed by atoms with van der Waals surface area (Å²) in [6.07, 6.45) is 1.28. The quantitative estimate of drug-likeness (QED) is 0.918. The molecule has 26 heavy (non-hydrogen) atoms. The molecule has 1 aromatic heterocycles. The van der Waals surface area contributed by atoms with E-state index in [-0.39, 0.29) is 5.91 Å². The van der Waals surface area contributed by atoms with E-state index in [9.17, 15) is 4.79 Å². The Kier molecular flexibility index (Phi) is 3.94. The number of rotatable bonds is 3. The van der Waals surface area contributed by atoms with E-state index >= 15 is 0 Å². The van der Waals surface area contributed by atoms with Crippen LogP contribution >= 0.6 is 0 Å². The maximum absolute atomic E-state index is 13.0. The molecule has 0 unspecified atom stereocenters. The van der Waals surface area contributed by atoms with E-state index in [0.717, 1.165) is 40.4 Å². The molecule has 4 rings (SSSR count). The van der Waals surface area contributed by atoms with Crippen LogP contribution in [0.25, 0.3) is 11.3 Å². The Bertz CT molecular complexity index is 889. The highest BCUT2D eigenvalue weighted by molar-refractivity contribution is 5.94. The normalized spacial score (nSPS) is 21.8. The third-order valence-corrected chi connectivity index (χ3v) is 5.01. The molecule has 1 N–H and O–H groups in total. The summed E-state index contributed by atoms with van der Waals surface area (Å²) in [5.41, 5.74) is 3.91. The smallest absolute Gasteiger partial charge is 0.270 e. The van der Waals surface area contributed by atoms with Crippen molar-refractivity contribution in [1.29, 1.82) is 0 Å². The number of hydrogen-bond acceptors (Lipinski definition) is 5. The number of nitrogens with one attached hydrogen (secondary N) is 1. The van der Waals surface area contributed by atoms with E-state index < -0.39 is 5.60 Å². The zero-order chi connectivity index (χ0) is 18.3. The Hall–Kier alpha value is -2.83. The number of carbonyl (C=O) groups excluding carboxylic acids is 1. The van der Waals surface area contributed by atoms with Crippen molar-refractivity contribution in [2.45, 2.75) is 38.8 Å². The molecule has 1 amide bonds. The Morgan fingerprint density at radius 2 is 2.27 bits per heavy atom.